The van der Waals surface area contributed by atoms with Gasteiger partial charge < -0.3 is 5.11 Å². The molecule has 0 saturated heterocycles. The molecule has 4 aromatic rings. The molecule has 0 saturated carbocycles. The first kappa shape index (κ1) is 24.1. The number of rotatable bonds is 4. The maximum atomic E-state index is 13.6. The standard InChI is InChI=1S/C23H14BrF3N4O4/c1-11-15(3-4-16(22(34)35)20(11)23(25,26)27)18-6-7-19(32)31(29-18)30-21(33)12-2-5-17-13(8-12)9-14(24)10-28-17/h2-10H,1H3,(H,30,33)(H,34,35). The van der Waals surface area contributed by atoms with E-state index in [1.54, 1.807) is 24.4 Å². The summed E-state index contributed by atoms with van der Waals surface area (Å²) in [5, 5.41) is 13.8. The summed E-state index contributed by atoms with van der Waals surface area (Å²) >= 11 is 3.30. The lowest BCUT2D eigenvalue weighted by Crippen LogP contribution is -2.35. The summed E-state index contributed by atoms with van der Waals surface area (Å²) in [6, 6.07) is 10.6. The van der Waals surface area contributed by atoms with Crippen LogP contribution in [-0.4, -0.2) is 31.9 Å². The number of hydrogen-bond donors (Lipinski definition) is 2. The Morgan fingerprint density at radius 1 is 1.09 bits per heavy atom. The lowest BCUT2D eigenvalue weighted by atomic mass is 9.94. The van der Waals surface area contributed by atoms with E-state index in [4.69, 9.17) is 5.11 Å². The van der Waals surface area contributed by atoms with Gasteiger partial charge >= 0.3 is 12.1 Å². The number of fused-ring (bicyclic) bond motifs is 1. The highest BCUT2D eigenvalue weighted by Gasteiger charge is 2.38. The number of aromatic carboxylic acids is 1. The molecule has 1 amide bonds. The summed E-state index contributed by atoms with van der Waals surface area (Å²) < 4.78 is 41.5. The van der Waals surface area contributed by atoms with E-state index in [2.05, 4.69) is 31.4 Å². The summed E-state index contributed by atoms with van der Waals surface area (Å²) in [5.41, 5.74) is -0.308. The van der Waals surface area contributed by atoms with Crippen LogP contribution in [0.15, 0.2) is 64.0 Å². The quantitative estimate of drug-likeness (QED) is 0.385. The molecule has 0 atom stereocenters. The lowest BCUT2D eigenvalue weighted by Gasteiger charge is -2.17. The smallest absolute Gasteiger partial charge is 0.417 e. The second-order valence-electron chi connectivity index (χ2n) is 7.43. The fraction of sp³-hybridized carbons (Fsp3) is 0.0870. The summed E-state index contributed by atoms with van der Waals surface area (Å²) in [7, 11) is 0. The average Bonchev–Trinajstić information content (AvgIpc) is 2.78. The van der Waals surface area contributed by atoms with Gasteiger partial charge in [-0.2, -0.15) is 13.2 Å². The van der Waals surface area contributed by atoms with Crippen LogP contribution < -0.4 is 11.0 Å². The summed E-state index contributed by atoms with van der Waals surface area (Å²) in [4.78, 5) is 41.2. The Labute approximate surface area is 203 Å². The second kappa shape index (κ2) is 8.95. The normalized spacial score (nSPS) is 11.5. The van der Waals surface area contributed by atoms with Gasteiger partial charge in [-0.05, 0) is 64.8 Å². The molecule has 0 aliphatic carbocycles. The lowest BCUT2D eigenvalue weighted by molar-refractivity contribution is -0.138. The molecule has 35 heavy (non-hydrogen) atoms. The monoisotopic (exact) mass is 546 g/mol. The molecule has 8 nitrogen and oxygen atoms in total. The van der Waals surface area contributed by atoms with Gasteiger partial charge in [0.2, 0.25) is 0 Å². The van der Waals surface area contributed by atoms with Crippen molar-refractivity contribution in [3.05, 3.63) is 91.8 Å². The fourth-order valence-corrected chi connectivity index (χ4v) is 3.92. The van der Waals surface area contributed by atoms with Crippen molar-refractivity contribution in [2.75, 3.05) is 5.43 Å². The molecule has 2 heterocycles. The molecule has 0 unspecified atom stereocenters. The Hall–Kier alpha value is -4.06. The molecule has 2 aromatic carbocycles. The summed E-state index contributed by atoms with van der Waals surface area (Å²) in [6.07, 6.45) is -3.33. The molecular weight excluding hydrogens is 533 g/mol. The highest BCUT2D eigenvalue weighted by molar-refractivity contribution is 9.10. The van der Waals surface area contributed by atoms with Gasteiger partial charge in [-0.25, -0.2) is 10.2 Å². The van der Waals surface area contributed by atoms with E-state index in [9.17, 15) is 27.6 Å². The first-order valence-electron chi connectivity index (χ1n) is 9.87. The number of halogens is 4. The number of aromatic nitrogens is 3. The van der Waals surface area contributed by atoms with Crippen LogP contribution in [-0.2, 0) is 6.18 Å². The van der Waals surface area contributed by atoms with E-state index in [0.717, 1.165) is 19.1 Å². The topological polar surface area (TPSA) is 114 Å². The average molecular weight is 547 g/mol. The molecule has 178 valence electrons. The van der Waals surface area contributed by atoms with Crippen LogP contribution in [0, 0.1) is 6.92 Å². The Bertz CT molecular complexity index is 1570. The number of alkyl halides is 3. The van der Waals surface area contributed by atoms with Gasteiger partial charge in [0.15, 0.2) is 0 Å². The van der Waals surface area contributed by atoms with Gasteiger partial charge in [0.25, 0.3) is 11.5 Å². The third-order valence-corrected chi connectivity index (χ3v) is 5.61. The van der Waals surface area contributed by atoms with E-state index < -0.39 is 34.7 Å². The largest absolute Gasteiger partial charge is 0.478 e. The number of nitrogens with one attached hydrogen (secondary N) is 1. The van der Waals surface area contributed by atoms with Crippen LogP contribution >= 0.6 is 15.9 Å². The molecule has 4 rings (SSSR count). The van der Waals surface area contributed by atoms with Crippen molar-refractivity contribution >= 4 is 38.7 Å². The SMILES string of the molecule is Cc1c(-c2ccc(=O)n(NC(=O)c3ccc4ncc(Br)cc4c3)n2)ccc(C(=O)O)c1C(F)(F)F. The minimum Gasteiger partial charge on any atom is -0.478 e. The zero-order valence-electron chi connectivity index (χ0n) is 17.7. The molecule has 0 aliphatic rings. The summed E-state index contributed by atoms with van der Waals surface area (Å²) in [6.45, 7) is 1.11. The highest BCUT2D eigenvalue weighted by Crippen LogP contribution is 2.38. The van der Waals surface area contributed by atoms with Crippen molar-refractivity contribution in [2.45, 2.75) is 13.1 Å². The zero-order chi connectivity index (χ0) is 25.5. The van der Waals surface area contributed by atoms with Crippen LogP contribution in [0.4, 0.5) is 13.2 Å². The van der Waals surface area contributed by atoms with Crippen molar-refractivity contribution in [1.29, 1.82) is 0 Å². The first-order valence-corrected chi connectivity index (χ1v) is 10.7. The van der Waals surface area contributed by atoms with Crippen molar-refractivity contribution in [3.63, 3.8) is 0 Å². The molecule has 2 aromatic heterocycles. The van der Waals surface area contributed by atoms with Gasteiger partial charge in [0, 0.05) is 33.2 Å². The number of carbonyl (C=O) groups is 2. The zero-order valence-corrected chi connectivity index (χ0v) is 19.3. The van der Waals surface area contributed by atoms with E-state index in [1.165, 1.54) is 18.2 Å². The Kier molecular flexibility index (Phi) is 6.15. The molecule has 12 heteroatoms. The number of carboxylic acids is 1. The van der Waals surface area contributed by atoms with Crippen LogP contribution in [0.2, 0.25) is 0 Å². The Balaban J connectivity index is 1.73. The minimum absolute atomic E-state index is 0.0491. The number of carbonyl (C=O) groups excluding carboxylic acids is 1. The highest BCUT2D eigenvalue weighted by atomic mass is 79.9. The van der Waals surface area contributed by atoms with Crippen LogP contribution in [0.3, 0.4) is 0 Å². The Morgan fingerprint density at radius 2 is 1.83 bits per heavy atom. The molecule has 0 bridgehead atoms. The maximum absolute atomic E-state index is 13.6. The molecule has 0 aliphatic heterocycles. The number of pyridine rings is 1. The number of carboxylic acid groups (broad SMARTS) is 1. The van der Waals surface area contributed by atoms with Gasteiger partial charge in [-0.15, -0.1) is 9.89 Å². The third-order valence-electron chi connectivity index (χ3n) is 5.17. The first-order chi connectivity index (χ1) is 16.5. The Morgan fingerprint density at radius 3 is 2.51 bits per heavy atom. The number of benzene rings is 2. The van der Waals surface area contributed by atoms with Gasteiger partial charge in [-0.1, -0.05) is 6.07 Å². The van der Waals surface area contributed by atoms with Crippen molar-refractivity contribution < 1.29 is 27.9 Å². The summed E-state index contributed by atoms with van der Waals surface area (Å²) in [5.74, 6) is -2.41. The second-order valence-corrected chi connectivity index (χ2v) is 8.35. The van der Waals surface area contributed by atoms with E-state index in [-0.39, 0.29) is 22.4 Å². The molecular formula is C23H14BrF3N4O4. The molecule has 0 fully saturated rings. The fourth-order valence-electron chi connectivity index (χ4n) is 3.57. The third kappa shape index (κ3) is 4.78. The van der Waals surface area contributed by atoms with Crippen LogP contribution in [0.25, 0.3) is 22.2 Å². The van der Waals surface area contributed by atoms with Crippen molar-refractivity contribution in [2.24, 2.45) is 0 Å². The predicted molar refractivity (Wildman–Crippen MR) is 124 cm³/mol. The number of hydrogen-bond acceptors (Lipinski definition) is 5. The predicted octanol–water partition coefficient (Wildman–Crippen LogP) is 4.63. The number of amides is 1. The molecule has 2 N–H and O–H groups in total. The maximum Gasteiger partial charge on any atom is 0.417 e. The number of nitrogens with zero attached hydrogens (tertiary/aromatic N) is 3. The van der Waals surface area contributed by atoms with Crippen molar-refractivity contribution in [1.82, 2.24) is 14.9 Å². The van der Waals surface area contributed by atoms with Crippen LogP contribution in [0.5, 0.6) is 0 Å². The van der Waals surface area contributed by atoms with Gasteiger partial charge in [-0.3, -0.25) is 14.6 Å². The minimum atomic E-state index is -4.93. The van der Waals surface area contributed by atoms with E-state index >= 15 is 0 Å². The van der Waals surface area contributed by atoms with Gasteiger partial charge in [0.05, 0.1) is 22.3 Å². The molecule has 0 spiro atoms. The van der Waals surface area contributed by atoms with E-state index in [1.807, 2.05) is 0 Å². The van der Waals surface area contributed by atoms with E-state index in [0.29, 0.717) is 20.2 Å². The van der Waals surface area contributed by atoms with Gasteiger partial charge in [0.1, 0.15) is 0 Å². The van der Waals surface area contributed by atoms with Crippen molar-refractivity contribution in [3.8, 4) is 11.3 Å². The van der Waals surface area contributed by atoms with Crippen LogP contribution in [0.1, 0.15) is 31.8 Å². The molecule has 0 radical (unpaired) electrons.